The van der Waals surface area contributed by atoms with Gasteiger partial charge in [-0.1, -0.05) is 0 Å². The SMILES string of the molecule is Cc1cscc1CNS(=O)(=O)c1cc([N+](=O)[O-])ccc1N. The van der Waals surface area contributed by atoms with E-state index in [0.29, 0.717) is 0 Å². The Labute approximate surface area is 125 Å². The number of nitrogens with one attached hydrogen (secondary N) is 1. The van der Waals surface area contributed by atoms with Gasteiger partial charge in [-0.3, -0.25) is 10.1 Å². The average molecular weight is 327 g/mol. The molecule has 3 N–H and O–H groups in total. The van der Waals surface area contributed by atoms with Crippen molar-refractivity contribution in [3.05, 3.63) is 50.2 Å². The van der Waals surface area contributed by atoms with Gasteiger partial charge >= 0.3 is 0 Å². The van der Waals surface area contributed by atoms with Crippen molar-refractivity contribution in [2.45, 2.75) is 18.4 Å². The number of nitrogen functional groups attached to an aromatic ring is 1. The summed E-state index contributed by atoms with van der Waals surface area (Å²) in [4.78, 5) is 9.78. The number of nitrogens with two attached hydrogens (primary N) is 1. The second kappa shape index (κ2) is 5.80. The van der Waals surface area contributed by atoms with Crippen molar-refractivity contribution >= 4 is 32.7 Å². The van der Waals surface area contributed by atoms with E-state index in [1.807, 2.05) is 17.7 Å². The molecule has 0 radical (unpaired) electrons. The Bertz CT molecular complexity index is 784. The normalized spacial score (nSPS) is 11.5. The van der Waals surface area contributed by atoms with Crippen LogP contribution in [0, 0.1) is 17.0 Å². The molecule has 1 aromatic heterocycles. The fourth-order valence-electron chi connectivity index (χ4n) is 1.69. The molecular weight excluding hydrogens is 314 g/mol. The highest BCUT2D eigenvalue weighted by Crippen LogP contribution is 2.24. The number of nitrogens with zero attached hydrogens (tertiary/aromatic N) is 1. The zero-order valence-corrected chi connectivity index (χ0v) is 12.7. The van der Waals surface area contributed by atoms with Crippen LogP contribution in [0.1, 0.15) is 11.1 Å². The molecule has 112 valence electrons. The summed E-state index contributed by atoms with van der Waals surface area (Å²) in [6.45, 7) is 1.99. The molecule has 1 heterocycles. The van der Waals surface area contributed by atoms with Crippen LogP contribution in [0.5, 0.6) is 0 Å². The maximum Gasteiger partial charge on any atom is 0.270 e. The number of nitro benzene ring substituents is 1. The van der Waals surface area contributed by atoms with E-state index in [0.717, 1.165) is 23.3 Å². The van der Waals surface area contributed by atoms with Gasteiger partial charge in [0.05, 0.1) is 10.6 Å². The van der Waals surface area contributed by atoms with Crippen LogP contribution in [0.25, 0.3) is 0 Å². The number of sulfonamides is 1. The first-order valence-corrected chi connectivity index (χ1v) is 8.29. The Balaban J connectivity index is 2.29. The van der Waals surface area contributed by atoms with Crippen molar-refractivity contribution in [2.75, 3.05) is 5.73 Å². The number of rotatable bonds is 5. The number of hydrogen-bond acceptors (Lipinski definition) is 6. The van der Waals surface area contributed by atoms with E-state index in [2.05, 4.69) is 4.72 Å². The molecule has 0 aliphatic rings. The third kappa shape index (κ3) is 3.38. The zero-order valence-electron chi connectivity index (χ0n) is 11.1. The van der Waals surface area contributed by atoms with Crippen LogP contribution in [0.3, 0.4) is 0 Å². The Morgan fingerprint density at radius 2 is 2.10 bits per heavy atom. The van der Waals surface area contributed by atoms with Crippen molar-refractivity contribution in [1.29, 1.82) is 0 Å². The Kier molecular flexibility index (Phi) is 4.26. The van der Waals surface area contributed by atoms with E-state index < -0.39 is 14.9 Å². The minimum absolute atomic E-state index is 0.0323. The van der Waals surface area contributed by atoms with Crippen molar-refractivity contribution in [2.24, 2.45) is 0 Å². The van der Waals surface area contributed by atoms with Crippen LogP contribution >= 0.6 is 11.3 Å². The standard InChI is InChI=1S/C12H13N3O4S2/c1-8-6-20-7-9(8)5-14-21(18,19)12-4-10(15(16)17)2-3-11(12)13/h2-4,6-7,14H,5,13H2,1H3. The second-order valence-corrected chi connectivity index (χ2v) is 6.86. The summed E-state index contributed by atoms with van der Waals surface area (Å²) < 4.78 is 26.8. The summed E-state index contributed by atoms with van der Waals surface area (Å²) in [6, 6.07) is 3.33. The molecule has 0 amide bonds. The lowest BCUT2D eigenvalue weighted by Gasteiger charge is -2.09. The first kappa shape index (κ1) is 15.4. The molecule has 0 saturated heterocycles. The number of non-ortho nitro benzene ring substituents is 1. The fourth-order valence-corrected chi connectivity index (χ4v) is 3.70. The minimum atomic E-state index is -3.91. The first-order valence-electron chi connectivity index (χ1n) is 5.86. The molecule has 0 aliphatic carbocycles. The van der Waals surface area contributed by atoms with Gasteiger partial charge in [-0.2, -0.15) is 11.3 Å². The lowest BCUT2D eigenvalue weighted by molar-refractivity contribution is -0.385. The number of thiophene rings is 1. The van der Waals surface area contributed by atoms with Gasteiger partial charge in [0.15, 0.2) is 0 Å². The van der Waals surface area contributed by atoms with E-state index in [4.69, 9.17) is 5.73 Å². The minimum Gasteiger partial charge on any atom is -0.398 e. The molecule has 0 aliphatic heterocycles. The quantitative estimate of drug-likeness (QED) is 0.495. The molecule has 9 heteroatoms. The topological polar surface area (TPSA) is 115 Å². The van der Waals surface area contributed by atoms with Gasteiger partial charge < -0.3 is 5.73 Å². The third-order valence-corrected chi connectivity index (χ3v) is 5.28. The van der Waals surface area contributed by atoms with E-state index in [1.54, 1.807) is 0 Å². The molecule has 7 nitrogen and oxygen atoms in total. The van der Waals surface area contributed by atoms with Crippen LogP contribution in [0.2, 0.25) is 0 Å². The van der Waals surface area contributed by atoms with Crippen LogP contribution in [-0.4, -0.2) is 13.3 Å². The van der Waals surface area contributed by atoms with E-state index in [1.165, 1.54) is 17.4 Å². The molecule has 0 bridgehead atoms. The molecular formula is C12H13N3O4S2. The molecule has 0 unspecified atom stereocenters. The van der Waals surface area contributed by atoms with Crippen molar-refractivity contribution in [3.8, 4) is 0 Å². The number of anilines is 1. The summed E-state index contributed by atoms with van der Waals surface area (Å²) in [5.74, 6) is 0. The monoisotopic (exact) mass is 327 g/mol. The van der Waals surface area contributed by atoms with E-state index in [-0.39, 0.29) is 22.8 Å². The fraction of sp³-hybridized carbons (Fsp3) is 0.167. The number of aryl methyl sites for hydroxylation is 1. The predicted octanol–water partition coefficient (Wildman–Crippen LogP) is 2.03. The van der Waals surface area contributed by atoms with Crippen LogP contribution in [-0.2, 0) is 16.6 Å². The van der Waals surface area contributed by atoms with Gasteiger partial charge in [0, 0.05) is 18.7 Å². The van der Waals surface area contributed by atoms with Gasteiger partial charge in [-0.25, -0.2) is 13.1 Å². The van der Waals surface area contributed by atoms with Gasteiger partial charge in [0.1, 0.15) is 4.90 Å². The van der Waals surface area contributed by atoms with Gasteiger partial charge in [-0.05, 0) is 34.9 Å². The van der Waals surface area contributed by atoms with Crippen LogP contribution in [0.15, 0.2) is 33.9 Å². The van der Waals surface area contributed by atoms with E-state index in [9.17, 15) is 18.5 Å². The Morgan fingerprint density at radius 3 is 2.67 bits per heavy atom. The Hall–Kier alpha value is -1.97. The maximum atomic E-state index is 12.2. The molecule has 1 aromatic carbocycles. The Morgan fingerprint density at radius 1 is 1.38 bits per heavy atom. The summed E-state index contributed by atoms with van der Waals surface area (Å²) in [5.41, 5.74) is 7.10. The first-order chi connectivity index (χ1) is 9.81. The molecule has 0 fully saturated rings. The molecule has 0 atom stereocenters. The van der Waals surface area contributed by atoms with Gasteiger partial charge in [0.25, 0.3) is 5.69 Å². The van der Waals surface area contributed by atoms with Crippen LogP contribution in [0.4, 0.5) is 11.4 Å². The average Bonchev–Trinajstić information content (AvgIpc) is 2.82. The molecule has 2 rings (SSSR count). The van der Waals surface area contributed by atoms with E-state index >= 15 is 0 Å². The zero-order chi connectivity index (χ0) is 15.6. The molecule has 21 heavy (non-hydrogen) atoms. The molecule has 2 aromatic rings. The van der Waals surface area contributed by atoms with Crippen molar-refractivity contribution < 1.29 is 13.3 Å². The second-order valence-electron chi connectivity index (χ2n) is 4.38. The largest absolute Gasteiger partial charge is 0.398 e. The number of hydrogen-bond donors (Lipinski definition) is 2. The number of benzene rings is 1. The molecule has 0 spiro atoms. The summed E-state index contributed by atoms with van der Waals surface area (Å²) in [5, 5.41) is 14.5. The lowest BCUT2D eigenvalue weighted by atomic mass is 10.2. The smallest absolute Gasteiger partial charge is 0.270 e. The van der Waals surface area contributed by atoms with Gasteiger partial charge in [0.2, 0.25) is 10.0 Å². The summed E-state index contributed by atoms with van der Waals surface area (Å²) in [6.07, 6.45) is 0. The molecule has 0 saturated carbocycles. The van der Waals surface area contributed by atoms with Crippen molar-refractivity contribution in [3.63, 3.8) is 0 Å². The number of nitro groups is 1. The summed E-state index contributed by atoms with van der Waals surface area (Å²) in [7, 11) is -3.91. The maximum absolute atomic E-state index is 12.2. The van der Waals surface area contributed by atoms with Gasteiger partial charge in [-0.15, -0.1) is 0 Å². The third-order valence-electron chi connectivity index (χ3n) is 2.91. The van der Waals surface area contributed by atoms with Crippen LogP contribution < -0.4 is 10.5 Å². The predicted molar refractivity (Wildman–Crippen MR) is 80.6 cm³/mol. The highest BCUT2D eigenvalue weighted by atomic mass is 32.2. The highest BCUT2D eigenvalue weighted by molar-refractivity contribution is 7.89. The lowest BCUT2D eigenvalue weighted by Crippen LogP contribution is -2.24. The summed E-state index contributed by atoms with van der Waals surface area (Å²) >= 11 is 1.47. The van der Waals surface area contributed by atoms with Crippen molar-refractivity contribution in [1.82, 2.24) is 4.72 Å². The highest BCUT2D eigenvalue weighted by Gasteiger charge is 2.21.